The SMILES string of the molecule is Cc1noc(C)c1-c1cnc2c(-c3ccc(C#N)cc3)cn(C(c3ccccn3)c3ccccn3)c2c1.Cc1noc(C)c1-c1cnc2c(-c3ccc(C#N)nc3)cn(C(c3ccccn3)c3ccccn3)c2c1.Cc1noc(C)c1-c1cnc2c(-c3ccc(C#N)nc3)cn([C@@H](C)c3ccccn3)c2c1.Cc1noc(C)c1-c1cnc2c(-c3cnn(C)c3)cn(C(c3ccccn3)c3ccccn3)c2c1. The van der Waals surface area contributed by atoms with Crippen LogP contribution in [0.1, 0.15) is 134 Å². The Morgan fingerprint density at radius 3 is 0.801 bits per heavy atom. The molecule has 1 aromatic carbocycles. The average Bonchev–Trinajstić information content (AvgIpc) is 2.04. The van der Waals surface area contributed by atoms with Crippen molar-refractivity contribution in [3.8, 4) is 107 Å². The van der Waals surface area contributed by atoms with E-state index in [-0.39, 0.29) is 24.2 Å². The highest BCUT2D eigenvalue weighted by Gasteiger charge is 2.31. The van der Waals surface area contributed by atoms with E-state index in [1.807, 2.05) is 276 Å². The molecule has 0 aliphatic rings. The first kappa shape index (κ1) is 89.7. The van der Waals surface area contributed by atoms with Gasteiger partial charge in [0.25, 0.3) is 0 Å². The fourth-order valence-corrected chi connectivity index (χ4v) is 18.3. The largest absolute Gasteiger partial charge is 0.361 e. The van der Waals surface area contributed by atoms with Gasteiger partial charge in [0.2, 0.25) is 0 Å². The van der Waals surface area contributed by atoms with E-state index in [0.29, 0.717) is 17.0 Å². The summed E-state index contributed by atoms with van der Waals surface area (Å²) < 4.78 is 32.2. The van der Waals surface area contributed by atoms with E-state index in [2.05, 4.69) is 143 Å². The van der Waals surface area contributed by atoms with Crippen molar-refractivity contribution in [2.45, 2.75) is 86.5 Å². The Morgan fingerprint density at radius 2 is 0.546 bits per heavy atom. The maximum atomic E-state index is 9.27. The van der Waals surface area contributed by atoms with Crippen LogP contribution in [-0.2, 0) is 7.05 Å². The van der Waals surface area contributed by atoms with Gasteiger partial charge in [0.05, 0.1) is 131 Å². The van der Waals surface area contributed by atoms with Gasteiger partial charge in [-0.25, -0.2) is 9.97 Å². The van der Waals surface area contributed by atoms with Crippen molar-refractivity contribution in [1.29, 1.82) is 15.8 Å². The van der Waals surface area contributed by atoms with Crippen LogP contribution >= 0.6 is 0 Å². The lowest BCUT2D eigenvalue weighted by molar-refractivity contribution is 0.393. The van der Waals surface area contributed by atoms with Crippen LogP contribution in [0.3, 0.4) is 0 Å². The predicted octanol–water partition coefficient (Wildman–Crippen LogP) is 22.3. The lowest BCUT2D eigenvalue weighted by atomic mass is 10.0. The molecule has 0 amide bonds. The molecule has 0 aliphatic carbocycles. The first-order valence-corrected chi connectivity index (χ1v) is 45.3. The fraction of sp³-hybridized carbons (Fsp3) is 0.126. The summed E-state index contributed by atoms with van der Waals surface area (Å²) in [6.45, 7) is 17.5. The minimum Gasteiger partial charge on any atom is -0.361 e. The molecule has 30 nitrogen and oxygen atoms in total. The second-order valence-corrected chi connectivity index (χ2v) is 33.8. The molecule has 0 unspecified atom stereocenters. The number of hydrogen-bond donors (Lipinski definition) is 0. The number of pyridine rings is 13. The van der Waals surface area contributed by atoms with Crippen LogP contribution in [0.15, 0.2) is 336 Å². The standard InChI is InChI=1S/C30H22N6O.C29H21N7O.C27H23N7O.C25H20N6O/c1-19-28(20(2)37-35-19)23-15-27-29(34-17-23)24(22-11-9-21(16-31)10-12-22)18-36(27)30(25-7-3-5-13-32-25)26-8-4-6-14-33-26;1-18-27(19(2)37-35-18)21-13-26-28(34-16-21)23(20-9-10-22(14-30)33-15-20)17-36(26)29(24-7-3-5-11-31-24)25-8-4-6-12-32-25;1-17-25(18(2)35-32-17)19-12-24-26(30-13-19)21(20-14-31-33(3)15-20)16-34(24)27(22-8-4-6-10-28-22)23-9-5-7-11-29-23;1-15-24(17(3)32-30-15)19-10-23-25(29-13-19)21(18-7-8-20(11-26)28-12-18)14-31(23)16(2)22-6-4-5-9-27-22/h3-15,17-18,30H,1-2H3;3-13,15-17,29H,1-2H3;4-16,27H,1-3H3;4-10,12-14,16H,1-3H3/t;;;16-/m...0/s1. The smallest absolute Gasteiger partial charge is 0.141 e. The van der Waals surface area contributed by atoms with Gasteiger partial charge in [-0.05, 0) is 213 Å². The summed E-state index contributed by atoms with van der Waals surface area (Å²) in [5, 5.41) is 48.5. The first-order valence-electron chi connectivity index (χ1n) is 45.3. The number of nitrogens with zero attached hydrogens (tertiary/aromatic N) is 26. The van der Waals surface area contributed by atoms with E-state index in [0.717, 1.165) is 219 Å². The molecule has 23 aromatic rings. The molecule has 684 valence electrons. The zero-order valence-electron chi connectivity index (χ0n) is 78.1. The molecule has 141 heavy (non-hydrogen) atoms. The predicted molar refractivity (Wildman–Crippen MR) is 532 cm³/mol. The molecule has 1 atom stereocenters. The van der Waals surface area contributed by atoms with Gasteiger partial charge in [0.15, 0.2) is 0 Å². The van der Waals surface area contributed by atoms with Gasteiger partial charge in [-0.2, -0.15) is 20.9 Å². The molecule has 22 aromatic heterocycles. The minimum absolute atomic E-state index is 0.0134. The second-order valence-electron chi connectivity index (χ2n) is 33.8. The van der Waals surface area contributed by atoms with Crippen LogP contribution in [0.4, 0.5) is 0 Å². The number of aromatic nitrogens is 23. The van der Waals surface area contributed by atoms with Crippen molar-refractivity contribution < 1.29 is 18.1 Å². The normalized spacial score (nSPS) is 11.5. The van der Waals surface area contributed by atoms with E-state index in [4.69, 9.17) is 63.2 Å². The van der Waals surface area contributed by atoms with Gasteiger partial charge in [-0.15, -0.1) is 0 Å². The lowest BCUT2D eigenvalue weighted by Crippen LogP contribution is -2.14. The van der Waals surface area contributed by atoms with Crippen molar-refractivity contribution in [2.24, 2.45) is 7.05 Å². The third-order valence-corrected chi connectivity index (χ3v) is 24.9. The Balaban J connectivity index is 0.000000115. The average molecular weight is 1850 g/mol. The summed E-state index contributed by atoms with van der Waals surface area (Å²) in [7, 11) is 1.91. The van der Waals surface area contributed by atoms with E-state index in [9.17, 15) is 10.5 Å². The number of nitriles is 3. The van der Waals surface area contributed by atoms with E-state index >= 15 is 0 Å². The number of benzene rings is 1. The summed E-state index contributed by atoms with van der Waals surface area (Å²) in [4.78, 5) is 60.9. The molecule has 0 fully saturated rings. The Bertz CT molecular complexity index is 8130. The highest BCUT2D eigenvalue weighted by molar-refractivity contribution is 5.99. The third kappa shape index (κ3) is 17.8. The van der Waals surface area contributed by atoms with E-state index < -0.39 is 0 Å². The summed E-state index contributed by atoms with van der Waals surface area (Å²) in [5.41, 5.74) is 33.0. The molecule has 0 saturated heterocycles. The zero-order valence-corrected chi connectivity index (χ0v) is 78.1. The molecule has 0 radical (unpaired) electrons. The monoisotopic (exact) mass is 1850 g/mol. The van der Waals surface area contributed by atoms with Crippen LogP contribution in [0.25, 0.3) is 133 Å². The van der Waals surface area contributed by atoms with Gasteiger partial charge in [-0.3, -0.25) is 59.5 Å². The van der Waals surface area contributed by atoms with E-state index in [1.165, 1.54) is 0 Å². The summed E-state index contributed by atoms with van der Waals surface area (Å²) in [5.74, 6) is 3.01. The van der Waals surface area contributed by atoms with Crippen LogP contribution in [0.5, 0.6) is 0 Å². The summed E-state index contributed by atoms with van der Waals surface area (Å²) in [6.07, 6.45) is 35.7. The number of hydrogen-bond acceptors (Lipinski definition) is 25. The van der Waals surface area contributed by atoms with Gasteiger partial charge in [-0.1, -0.05) is 75.2 Å². The second kappa shape index (κ2) is 39.0. The molecule has 0 bridgehead atoms. The Hall–Kier alpha value is -19.1. The van der Waals surface area contributed by atoms with Crippen molar-refractivity contribution in [3.63, 3.8) is 0 Å². The van der Waals surface area contributed by atoms with Crippen molar-refractivity contribution in [1.82, 2.24) is 113 Å². The van der Waals surface area contributed by atoms with Crippen molar-refractivity contribution in [3.05, 3.63) is 421 Å². The van der Waals surface area contributed by atoms with Crippen molar-refractivity contribution in [2.75, 3.05) is 0 Å². The number of aryl methyl sites for hydroxylation is 9. The summed E-state index contributed by atoms with van der Waals surface area (Å²) >= 11 is 0. The fourth-order valence-electron chi connectivity index (χ4n) is 18.3. The molecule has 0 saturated carbocycles. The molecule has 0 spiro atoms. The Labute approximate surface area is 808 Å². The van der Waals surface area contributed by atoms with Gasteiger partial charge in [0.1, 0.15) is 64.7 Å². The third-order valence-electron chi connectivity index (χ3n) is 24.9. The first-order chi connectivity index (χ1) is 68.9. The van der Waals surface area contributed by atoms with Gasteiger partial charge < -0.3 is 36.4 Å². The molecule has 22 heterocycles. The van der Waals surface area contributed by atoms with E-state index in [1.54, 1.807) is 60.2 Å². The zero-order chi connectivity index (χ0) is 96.9. The van der Waals surface area contributed by atoms with Crippen LogP contribution in [-0.4, -0.2) is 113 Å². The quantitative estimate of drug-likeness (QED) is 0.0725. The highest BCUT2D eigenvalue weighted by atomic mass is 16.5. The molecule has 23 rings (SSSR count). The molecular weight excluding hydrogens is 1760 g/mol. The Morgan fingerprint density at radius 1 is 0.270 bits per heavy atom. The van der Waals surface area contributed by atoms with Crippen LogP contribution in [0, 0.1) is 89.4 Å². The molecular formula is C111H86N26O4. The van der Waals surface area contributed by atoms with Crippen LogP contribution in [0.2, 0.25) is 0 Å². The topological polar surface area (TPSA) is 381 Å². The highest BCUT2D eigenvalue weighted by Crippen LogP contribution is 2.44. The minimum atomic E-state index is -0.299. The van der Waals surface area contributed by atoms with Gasteiger partial charge in [0, 0.05) is 202 Å². The lowest BCUT2D eigenvalue weighted by Gasteiger charge is -2.19. The van der Waals surface area contributed by atoms with Crippen LogP contribution < -0.4 is 0 Å². The molecule has 0 aliphatic heterocycles. The van der Waals surface area contributed by atoms with Crippen molar-refractivity contribution >= 4 is 44.1 Å². The maximum absolute atomic E-state index is 9.27. The number of rotatable bonds is 19. The Kier molecular flexibility index (Phi) is 24.8. The molecule has 0 N–H and O–H groups in total. The maximum Gasteiger partial charge on any atom is 0.141 e. The van der Waals surface area contributed by atoms with Gasteiger partial charge >= 0.3 is 0 Å². The summed E-state index contributed by atoms with van der Waals surface area (Å²) in [6, 6.07) is 70.2. The number of fused-ring (bicyclic) bond motifs is 4. The molecule has 30 heteroatoms.